The number of benzene rings is 3. The lowest BCUT2D eigenvalue weighted by atomic mass is 10.0. The second kappa shape index (κ2) is 8.35. The molecule has 0 aliphatic rings. The van der Waals surface area contributed by atoms with Crippen molar-refractivity contribution in [2.24, 2.45) is 0 Å². The van der Waals surface area contributed by atoms with Crippen molar-refractivity contribution in [1.82, 2.24) is 0 Å². The zero-order valence-electron chi connectivity index (χ0n) is 14.7. The molecule has 3 nitrogen and oxygen atoms in total. The predicted molar refractivity (Wildman–Crippen MR) is 110 cm³/mol. The number of halogens is 1. The topological polar surface area (TPSA) is 52.9 Å². The van der Waals surface area contributed by atoms with Crippen LogP contribution in [-0.2, 0) is 4.79 Å². The van der Waals surface area contributed by atoms with Crippen LogP contribution in [0.4, 0.5) is 5.69 Å². The van der Waals surface area contributed by atoms with Crippen molar-refractivity contribution in [3.8, 4) is 17.2 Å². The molecule has 1 amide bonds. The van der Waals surface area contributed by atoms with E-state index in [4.69, 9.17) is 11.6 Å². The van der Waals surface area contributed by atoms with E-state index in [0.717, 1.165) is 22.3 Å². The minimum atomic E-state index is -0.463. The molecule has 27 heavy (non-hydrogen) atoms. The van der Waals surface area contributed by atoms with Crippen LogP contribution < -0.4 is 5.32 Å². The van der Waals surface area contributed by atoms with Gasteiger partial charge in [-0.3, -0.25) is 4.79 Å². The van der Waals surface area contributed by atoms with Crippen molar-refractivity contribution in [3.63, 3.8) is 0 Å². The molecule has 0 bridgehead atoms. The van der Waals surface area contributed by atoms with E-state index in [-0.39, 0.29) is 5.57 Å². The van der Waals surface area contributed by atoms with E-state index in [1.165, 1.54) is 0 Å². The third kappa shape index (κ3) is 4.44. The molecule has 0 unspecified atom stereocenters. The number of nitrogens with zero attached hydrogens (tertiary/aromatic N) is 1. The molecule has 3 aromatic rings. The lowest BCUT2D eigenvalue weighted by molar-refractivity contribution is -0.112. The van der Waals surface area contributed by atoms with Crippen molar-refractivity contribution in [2.75, 3.05) is 5.32 Å². The van der Waals surface area contributed by atoms with Gasteiger partial charge in [-0.15, -0.1) is 0 Å². The Morgan fingerprint density at radius 2 is 1.63 bits per heavy atom. The second-order valence-electron chi connectivity index (χ2n) is 6.02. The van der Waals surface area contributed by atoms with Crippen LogP contribution in [-0.4, -0.2) is 5.91 Å². The molecule has 4 heteroatoms. The molecule has 0 aliphatic carbocycles. The third-order valence-electron chi connectivity index (χ3n) is 4.21. The van der Waals surface area contributed by atoms with Crippen molar-refractivity contribution < 1.29 is 4.79 Å². The monoisotopic (exact) mass is 372 g/mol. The number of nitrogens with one attached hydrogen (secondary N) is 1. The van der Waals surface area contributed by atoms with E-state index >= 15 is 0 Å². The zero-order chi connectivity index (χ0) is 19.2. The van der Waals surface area contributed by atoms with Gasteiger partial charge in [-0.25, -0.2) is 0 Å². The quantitative estimate of drug-likeness (QED) is 0.460. The van der Waals surface area contributed by atoms with Gasteiger partial charge in [-0.1, -0.05) is 72.3 Å². The summed E-state index contributed by atoms with van der Waals surface area (Å²) >= 11 is 6.07. The van der Waals surface area contributed by atoms with Crippen LogP contribution in [0.5, 0.6) is 0 Å². The molecule has 3 rings (SSSR count). The Hall–Kier alpha value is -3.35. The predicted octanol–water partition coefficient (Wildman–Crippen LogP) is 5.86. The number of rotatable bonds is 4. The molecule has 0 atom stereocenters. The number of carbonyl (C=O) groups excluding carboxylic acids is 1. The maximum atomic E-state index is 12.5. The summed E-state index contributed by atoms with van der Waals surface area (Å²) in [6.45, 7) is 1.82. The SMILES string of the molecule is Cc1c(Cl)cccc1NC(=O)/C(C#N)=C\c1ccc(-c2ccccc2)cc1. The van der Waals surface area contributed by atoms with E-state index in [1.54, 1.807) is 24.3 Å². The van der Waals surface area contributed by atoms with Crippen LogP contribution in [0.1, 0.15) is 11.1 Å². The molecule has 0 radical (unpaired) electrons. The Morgan fingerprint density at radius 3 is 2.30 bits per heavy atom. The van der Waals surface area contributed by atoms with Crippen LogP contribution in [0, 0.1) is 18.3 Å². The summed E-state index contributed by atoms with van der Waals surface area (Å²) in [4.78, 5) is 12.5. The van der Waals surface area contributed by atoms with E-state index in [1.807, 2.05) is 67.6 Å². The minimum Gasteiger partial charge on any atom is -0.321 e. The van der Waals surface area contributed by atoms with Gasteiger partial charge in [0, 0.05) is 10.7 Å². The highest BCUT2D eigenvalue weighted by atomic mass is 35.5. The average molecular weight is 373 g/mol. The molecule has 0 fully saturated rings. The number of nitriles is 1. The Labute approximate surface area is 163 Å². The first-order valence-electron chi connectivity index (χ1n) is 8.42. The van der Waals surface area contributed by atoms with Gasteiger partial charge in [0.1, 0.15) is 11.6 Å². The van der Waals surface area contributed by atoms with Gasteiger partial charge >= 0.3 is 0 Å². The highest BCUT2D eigenvalue weighted by Gasteiger charge is 2.12. The average Bonchev–Trinajstić information content (AvgIpc) is 2.70. The van der Waals surface area contributed by atoms with Gasteiger partial charge < -0.3 is 5.32 Å². The summed E-state index contributed by atoms with van der Waals surface area (Å²) in [6, 6.07) is 24.9. The molecule has 132 valence electrons. The first-order chi connectivity index (χ1) is 13.1. The Balaban J connectivity index is 1.80. The number of hydrogen-bond acceptors (Lipinski definition) is 2. The molecule has 1 N–H and O–H groups in total. The van der Waals surface area contributed by atoms with Crippen molar-refractivity contribution in [2.45, 2.75) is 6.92 Å². The van der Waals surface area contributed by atoms with Crippen LogP contribution in [0.2, 0.25) is 5.02 Å². The molecular formula is C23H17ClN2O. The van der Waals surface area contributed by atoms with Crippen LogP contribution in [0.25, 0.3) is 17.2 Å². The molecule has 0 spiro atoms. The molecule has 0 saturated carbocycles. The van der Waals surface area contributed by atoms with Gasteiger partial charge in [-0.2, -0.15) is 5.26 Å². The summed E-state index contributed by atoms with van der Waals surface area (Å²) < 4.78 is 0. The minimum absolute atomic E-state index is 0.0295. The number of amides is 1. The summed E-state index contributed by atoms with van der Waals surface area (Å²) in [5, 5.41) is 12.7. The number of anilines is 1. The van der Waals surface area contributed by atoms with Crippen molar-refractivity contribution in [1.29, 1.82) is 5.26 Å². The van der Waals surface area contributed by atoms with Gasteiger partial charge in [-0.05, 0) is 47.4 Å². The first kappa shape index (κ1) is 18.4. The summed E-state index contributed by atoms with van der Waals surface area (Å²) in [5.41, 5.74) is 4.35. The lowest BCUT2D eigenvalue weighted by Crippen LogP contribution is -2.14. The normalized spacial score (nSPS) is 10.9. The fourth-order valence-electron chi connectivity index (χ4n) is 2.65. The maximum absolute atomic E-state index is 12.5. The molecule has 0 aromatic heterocycles. The Morgan fingerprint density at radius 1 is 0.963 bits per heavy atom. The molecule has 0 saturated heterocycles. The Bertz CT molecular complexity index is 1030. The van der Waals surface area contributed by atoms with E-state index in [9.17, 15) is 10.1 Å². The van der Waals surface area contributed by atoms with Crippen LogP contribution in [0.15, 0.2) is 78.4 Å². The van der Waals surface area contributed by atoms with Crippen molar-refractivity contribution >= 4 is 29.3 Å². The second-order valence-corrected chi connectivity index (χ2v) is 6.43. The molecule has 0 heterocycles. The smallest absolute Gasteiger partial charge is 0.266 e. The van der Waals surface area contributed by atoms with Gasteiger partial charge in [0.15, 0.2) is 0 Å². The molecule has 0 aliphatic heterocycles. The van der Waals surface area contributed by atoms with Gasteiger partial charge in [0.2, 0.25) is 0 Å². The zero-order valence-corrected chi connectivity index (χ0v) is 15.5. The number of hydrogen-bond donors (Lipinski definition) is 1. The van der Waals surface area contributed by atoms with E-state index < -0.39 is 5.91 Å². The Kier molecular flexibility index (Phi) is 5.71. The molecule has 3 aromatic carbocycles. The van der Waals surface area contributed by atoms with Crippen LogP contribution >= 0.6 is 11.6 Å². The first-order valence-corrected chi connectivity index (χ1v) is 8.80. The maximum Gasteiger partial charge on any atom is 0.266 e. The largest absolute Gasteiger partial charge is 0.321 e. The van der Waals surface area contributed by atoms with E-state index in [2.05, 4.69) is 5.32 Å². The highest BCUT2D eigenvalue weighted by molar-refractivity contribution is 6.31. The fraction of sp³-hybridized carbons (Fsp3) is 0.0435. The fourth-order valence-corrected chi connectivity index (χ4v) is 2.82. The lowest BCUT2D eigenvalue weighted by Gasteiger charge is -2.09. The van der Waals surface area contributed by atoms with Gasteiger partial charge in [0.05, 0.1) is 0 Å². The summed E-state index contributed by atoms with van der Waals surface area (Å²) in [5.74, 6) is -0.463. The standard InChI is InChI=1S/C23H17ClN2O/c1-16-21(24)8-5-9-22(16)26-23(27)20(15-25)14-17-10-12-19(13-11-17)18-6-3-2-4-7-18/h2-14H,1H3,(H,26,27)/b20-14-. The van der Waals surface area contributed by atoms with Crippen molar-refractivity contribution in [3.05, 3.63) is 94.5 Å². The highest BCUT2D eigenvalue weighted by Crippen LogP contribution is 2.24. The van der Waals surface area contributed by atoms with E-state index in [0.29, 0.717) is 10.7 Å². The number of carbonyl (C=O) groups is 1. The summed E-state index contributed by atoms with van der Waals surface area (Å²) in [6.07, 6.45) is 1.57. The van der Waals surface area contributed by atoms with Crippen LogP contribution in [0.3, 0.4) is 0 Å². The summed E-state index contributed by atoms with van der Waals surface area (Å²) in [7, 11) is 0. The van der Waals surface area contributed by atoms with Gasteiger partial charge in [0.25, 0.3) is 5.91 Å². The molecular weight excluding hydrogens is 356 g/mol. The third-order valence-corrected chi connectivity index (χ3v) is 4.62.